The fraction of sp³-hybridized carbons (Fsp3) is 0.657. The molecule has 0 saturated carbocycles. The van der Waals surface area contributed by atoms with Crippen molar-refractivity contribution in [2.75, 3.05) is 31.3 Å². The van der Waals surface area contributed by atoms with E-state index < -0.39 is 7.26 Å². The van der Waals surface area contributed by atoms with E-state index >= 15 is 0 Å². The first kappa shape index (κ1) is 32.5. The molecular weight excluding hydrogens is 482 g/mol. The number of benzene rings is 2. The van der Waals surface area contributed by atoms with Gasteiger partial charge < -0.3 is 0 Å². The Morgan fingerprint density at radius 1 is 0.514 bits per heavy atom. The zero-order valence-electron chi connectivity index (χ0n) is 25.2. The minimum atomic E-state index is -1.02. The first-order valence-electron chi connectivity index (χ1n) is 15.8. The summed E-state index contributed by atoms with van der Waals surface area (Å²) in [6, 6.07) is 22.4. The average Bonchev–Trinajstić information content (AvgIpc) is 2.86. The van der Waals surface area contributed by atoms with Crippen molar-refractivity contribution in [3.63, 3.8) is 0 Å². The maximum absolute atomic E-state index is 2.69. The van der Waals surface area contributed by atoms with Gasteiger partial charge in [0.1, 0.15) is 0 Å². The van der Waals surface area contributed by atoms with Gasteiger partial charge in [-0.25, -0.2) is 0 Å². The van der Waals surface area contributed by atoms with Crippen LogP contribution in [0.4, 0.5) is 0 Å². The maximum atomic E-state index is 2.69. The molecule has 37 heavy (non-hydrogen) atoms. The molecule has 0 aromatic heterocycles. The molecule has 0 unspecified atom stereocenters. The predicted octanol–water partition coefficient (Wildman–Crippen LogP) is 10.5. The van der Waals surface area contributed by atoms with Crippen LogP contribution in [0.15, 0.2) is 60.7 Å². The van der Waals surface area contributed by atoms with Crippen LogP contribution < -0.4 is 10.6 Å². The van der Waals surface area contributed by atoms with E-state index in [1.165, 1.54) is 106 Å². The molecule has 210 valence electrons. The van der Waals surface area contributed by atoms with Crippen molar-refractivity contribution >= 4 is 25.8 Å². The summed E-state index contributed by atoms with van der Waals surface area (Å²) >= 11 is 0. The second-order valence-corrected chi connectivity index (χ2v) is 20.1. The van der Waals surface area contributed by atoms with Gasteiger partial charge in [-0.2, -0.15) is 0 Å². The number of hydrogen-bond acceptors (Lipinski definition) is 0. The molecule has 0 nitrogen and oxygen atoms in total. The van der Waals surface area contributed by atoms with Crippen molar-refractivity contribution in [1.82, 2.24) is 0 Å². The Bertz CT molecular complexity index is 734. The van der Waals surface area contributed by atoms with Gasteiger partial charge in [-0.05, 0) is 31.1 Å². The van der Waals surface area contributed by atoms with Crippen LogP contribution in [0, 0.1) is 11.8 Å². The van der Waals surface area contributed by atoms with Gasteiger partial charge in [-0.15, -0.1) is 0 Å². The molecular formula is C35H60P2. The van der Waals surface area contributed by atoms with E-state index in [4.69, 9.17) is 0 Å². The van der Waals surface area contributed by atoms with Gasteiger partial charge in [-0.3, -0.25) is 0 Å². The van der Waals surface area contributed by atoms with E-state index in [1.54, 1.807) is 6.16 Å². The summed E-state index contributed by atoms with van der Waals surface area (Å²) in [6.45, 7) is 12.4. The second-order valence-electron chi connectivity index (χ2n) is 12.8. The third-order valence-corrected chi connectivity index (χ3v) is 15.6. The van der Waals surface area contributed by atoms with Crippen molar-refractivity contribution in [3.05, 3.63) is 60.7 Å². The monoisotopic (exact) mass is 542 g/mol. The molecule has 0 fully saturated rings. The number of unbranched alkanes of at least 4 members (excludes halogenated alkanes) is 11. The van der Waals surface area contributed by atoms with E-state index in [1.807, 2.05) is 0 Å². The molecule has 0 saturated heterocycles. The molecule has 0 bridgehead atoms. The zero-order chi connectivity index (χ0) is 26.8. The van der Waals surface area contributed by atoms with Crippen molar-refractivity contribution in [3.8, 4) is 0 Å². The summed E-state index contributed by atoms with van der Waals surface area (Å²) < 4.78 is 0. The Morgan fingerprint density at radius 2 is 0.865 bits per heavy atom. The summed E-state index contributed by atoms with van der Waals surface area (Å²) in [5.74, 6) is 1.77. The molecule has 0 aliphatic heterocycles. The van der Waals surface area contributed by atoms with Crippen LogP contribution in [0.2, 0.25) is 0 Å². The van der Waals surface area contributed by atoms with Crippen molar-refractivity contribution in [2.24, 2.45) is 11.8 Å². The summed E-state index contributed by atoms with van der Waals surface area (Å²) in [7, 11) is -1.22. The quantitative estimate of drug-likeness (QED) is 0.109. The first-order chi connectivity index (χ1) is 17.9. The normalized spacial score (nSPS) is 12.6. The van der Waals surface area contributed by atoms with Gasteiger partial charge in [-0.1, -0.05) is 60.7 Å². The van der Waals surface area contributed by atoms with E-state index in [2.05, 4.69) is 95.0 Å². The van der Waals surface area contributed by atoms with E-state index in [-0.39, 0.29) is 7.92 Å². The Labute approximate surface area is 233 Å². The minimum absolute atomic E-state index is 0.203. The standard InChI is InChI=1S/C35H60P2/c1-32(2)30-37(5,31-33(3)4)29-23-15-13-11-9-7-6-8-10-12-14-22-28-36(34-24-18-16-19-25-34)35-26-20-17-21-27-35/h16-21,24-27,32-33,37H,6-15,22-23,28-31H2,1-5H3. The van der Waals surface area contributed by atoms with Crippen LogP contribution in [-0.2, 0) is 0 Å². The summed E-state index contributed by atoms with van der Waals surface area (Å²) in [5, 5.41) is 3.07. The van der Waals surface area contributed by atoms with E-state index in [0.29, 0.717) is 0 Å². The fourth-order valence-corrected chi connectivity index (χ4v) is 14.5. The Kier molecular flexibility index (Phi) is 17.0. The van der Waals surface area contributed by atoms with Gasteiger partial charge in [0.05, 0.1) is 0 Å². The molecule has 2 rings (SSSR count). The Balaban J connectivity index is 1.48. The Morgan fingerprint density at radius 3 is 1.24 bits per heavy atom. The average molecular weight is 543 g/mol. The van der Waals surface area contributed by atoms with Crippen LogP contribution in [0.3, 0.4) is 0 Å². The second kappa shape index (κ2) is 19.4. The van der Waals surface area contributed by atoms with E-state index in [0.717, 1.165) is 11.8 Å². The molecule has 0 aliphatic carbocycles. The van der Waals surface area contributed by atoms with Gasteiger partial charge in [0.2, 0.25) is 0 Å². The summed E-state index contributed by atoms with van der Waals surface area (Å²) in [4.78, 5) is 0. The topological polar surface area (TPSA) is 0 Å². The third-order valence-electron chi connectivity index (χ3n) is 7.85. The fourth-order valence-electron chi connectivity index (χ4n) is 6.47. The van der Waals surface area contributed by atoms with Crippen molar-refractivity contribution < 1.29 is 0 Å². The molecule has 2 aromatic carbocycles. The molecule has 0 spiro atoms. The van der Waals surface area contributed by atoms with Crippen molar-refractivity contribution in [2.45, 2.75) is 105 Å². The first-order valence-corrected chi connectivity index (χ1v) is 20.4. The third kappa shape index (κ3) is 14.9. The molecule has 0 aliphatic rings. The van der Waals surface area contributed by atoms with E-state index in [9.17, 15) is 0 Å². The summed E-state index contributed by atoms with van der Waals surface area (Å²) in [6.07, 6.45) is 23.3. The molecule has 0 atom stereocenters. The van der Waals surface area contributed by atoms with Crippen LogP contribution in [0.1, 0.15) is 105 Å². The molecule has 0 N–H and O–H groups in total. The SMILES string of the molecule is CC(C)C[PH](C)(CCCCCCCCCCCCCCP(c1ccccc1)c1ccccc1)CC(C)C. The van der Waals surface area contributed by atoms with Gasteiger partial charge in [0.25, 0.3) is 0 Å². The Hall–Kier alpha value is -0.700. The number of hydrogen-bond donors (Lipinski definition) is 0. The summed E-state index contributed by atoms with van der Waals surface area (Å²) in [5.41, 5.74) is 0. The molecule has 2 heteroatoms. The zero-order valence-corrected chi connectivity index (χ0v) is 27.1. The van der Waals surface area contributed by atoms with Crippen LogP contribution in [0.25, 0.3) is 0 Å². The van der Waals surface area contributed by atoms with Gasteiger partial charge in [0, 0.05) is 0 Å². The molecule has 0 heterocycles. The predicted molar refractivity (Wildman–Crippen MR) is 178 cm³/mol. The van der Waals surface area contributed by atoms with Gasteiger partial charge in [0.15, 0.2) is 0 Å². The van der Waals surface area contributed by atoms with Crippen LogP contribution in [-0.4, -0.2) is 31.3 Å². The van der Waals surface area contributed by atoms with Gasteiger partial charge >= 0.3 is 143 Å². The molecule has 0 amide bonds. The van der Waals surface area contributed by atoms with Crippen LogP contribution >= 0.6 is 15.2 Å². The molecule has 0 radical (unpaired) electrons. The molecule has 2 aromatic rings. The van der Waals surface area contributed by atoms with Crippen LogP contribution in [0.5, 0.6) is 0 Å². The number of rotatable bonds is 21. The van der Waals surface area contributed by atoms with Crippen molar-refractivity contribution in [1.29, 1.82) is 0 Å².